The van der Waals surface area contributed by atoms with Crippen molar-refractivity contribution >= 4 is 17.8 Å². The average molecular weight is 709 g/mol. The van der Waals surface area contributed by atoms with E-state index < -0.39 is 77.0 Å². The van der Waals surface area contributed by atoms with E-state index in [0.29, 0.717) is 12.6 Å². The number of carboxylic acid groups (broad SMARTS) is 1. The summed E-state index contributed by atoms with van der Waals surface area (Å²) in [5, 5.41) is 14.4. The Morgan fingerprint density at radius 1 is 1.00 bits per heavy atom. The fourth-order valence-corrected chi connectivity index (χ4v) is 6.07. The number of carbonyl (C=O) groups excluding carboxylic acids is 2. The van der Waals surface area contributed by atoms with Crippen LogP contribution in [0, 0.1) is 31.4 Å². The van der Waals surface area contributed by atoms with Gasteiger partial charge in [-0.1, -0.05) is 13.8 Å². The SMILES string of the molecule is Cc1cc(F)cc(C)c1-c1cc([C@H](CC(=O)O)NC(=O)[C@H](CC(C)C)NC(=O)c2cccn(CCN3CC(F)C3)c2=O)c(F)c(C(F)(F)F)c1. The summed E-state index contributed by atoms with van der Waals surface area (Å²) < 4.78 is 86.6. The molecule has 2 atom stereocenters. The number of benzene rings is 2. The Morgan fingerprint density at radius 3 is 2.20 bits per heavy atom. The highest BCUT2D eigenvalue weighted by atomic mass is 19.4. The van der Waals surface area contributed by atoms with Gasteiger partial charge >= 0.3 is 12.1 Å². The Balaban J connectivity index is 1.68. The van der Waals surface area contributed by atoms with E-state index in [2.05, 4.69) is 10.6 Å². The highest BCUT2D eigenvalue weighted by Gasteiger charge is 2.38. The third-order valence-corrected chi connectivity index (χ3v) is 8.43. The molecule has 2 aromatic carbocycles. The van der Waals surface area contributed by atoms with Gasteiger partial charge in [0.15, 0.2) is 0 Å². The number of amides is 2. The molecule has 3 aromatic rings. The summed E-state index contributed by atoms with van der Waals surface area (Å²) in [6.45, 7) is 7.32. The van der Waals surface area contributed by atoms with E-state index in [0.717, 1.165) is 18.2 Å². The molecule has 0 saturated carbocycles. The first-order valence-corrected chi connectivity index (χ1v) is 15.9. The highest BCUT2D eigenvalue weighted by Crippen LogP contribution is 2.40. The maximum atomic E-state index is 15.7. The molecule has 15 heteroatoms. The number of hydrogen-bond donors (Lipinski definition) is 3. The number of rotatable bonds is 13. The zero-order valence-corrected chi connectivity index (χ0v) is 27.8. The van der Waals surface area contributed by atoms with Crippen molar-refractivity contribution in [1.29, 1.82) is 0 Å². The van der Waals surface area contributed by atoms with Crippen LogP contribution in [-0.4, -0.2) is 64.2 Å². The predicted molar refractivity (Wildman–Crippen MR) is 172 cm³/mol. The first-order chi connectivity index (χ1) is 23.3. The summed E-state index contributed by atoms with van der Waals surface area (Å²) in [5.41, 5.74) is -3.05. The number of halogens is 6. The van der Waals surface area contributed by atoms with Gasteiger partial charge in [-0.2, -0.15) is 13.2 Å². The predicted octanol–water partition coefficient (Wildman–Crippen LogP) is 5.56. The molecule has 50 heavy (non-hydrogen) atoms. The van der Waals surface area contributed by atoms with Gasteiger partial charge in [-0.25, -0.2) is 13.2 Å². The van der Waals surface area contributed by atoms with E-state index >= 15 is 4.39 Å². The molecule has 0 radical (unpaired) electrons. The lowest BCUT2D eigenvalue weighted by atomic mass is 9.90. The Bertz CT molecular complexity index is 1800. The van der Waals surface area contributed by atoms with Crippen LogP contribution in [0.1, 0.15) is 65.3 Å². The van der Waals surface area contributed by atoms with Crippen molar-refractivity contribution in [2.45, 2.75) is 71.5 Å². The molecule has 2 amide bonds. The van der Waals surface area contributed by atoms with Gasteiger partial charge in [-0.05, 0) is 84.8 Å². The lowest BCUT2D eigenvalue weighted by Gasteiger charge is -2.34. The van der Waals surface area contributed by atoms with E-state index in [1.54, 1.807) is 18.7 Å². The van der Waals surface area contributed by atoms with Crippen molar-refractivity contribution in [3.05, 3.63) is 92.4 Å². The summed E-state index contributed by atoms with van der Waals surface area (Å²) in [7, 11) is 0. The minimum atomic E-state index is -5.23. The second-order valence-corrected chi connectivity index (χ2v) is 12.9. The molecule has 270 valence electrons. The van der Waals surface area contributed by atoms with Gasteiger partial charge in [0, 0.05) is 37.9 Å². The van der Waals surface area contributed by atoms with E-state index in [9.17, 15) is 46.2 Å². The summed E-state index contributed by atoms with van der Waals surface area (Å²) in [6.07, 6.45) is -5.78. The Kier molecular flexibility index (Phi) is 11.8. The van der Waals surface area contributed by atoms with Crippen LogP contribution in [0.15, 0.2) is 47.4 Å². The molecule has 9 nitrogen and oxygen atoms in total. The highest BCUT2D eigenvalue weighted by molar-refractivity contribution is 5.97. The smallest absolute Gasteiger partial charge is 0.419 e. The van der Waals surface area contributed by atoms with Gasteiger partial charge in [0.1, 0.15) is 29.4 Å². The Morgan fingerprint density at radius 2 is 1.64 bits per heavy atom. The number of aryl methyl sites for hydroxylation is 2. The number of hydrogen-bond acceptors (Lipinski definition) is 5. The lowest BCUT2D eigenvalue weighted by Crippen LogP contribution is -2.50. The zero-order chi connectivity index (χ0) is 37.1. The first kappa shape index (κ1) is 38.1. The van der Waals surface area contributed by atoms with E-state index in [-0.39, 0.29) is 59.8 Å². The van der Waals surface area contributed by atoms with Gasteiger partial charge in [0.25, 0.3) is 11.5 Å². The van der Waals surface area contributed by atoms with E-state index in [4.69, 9.17) is 0 Å². The van der Waals surface area contributed by atoms with Crippen molar-refractivity contribution in [2.75, 3.05) is 19.6 Å². The van der Waals surface area contributed by atoms with E-state index in [1.165, 1.54) is 36.7 Å². The van der Waals surface area contributed by atoms with Gasteiger partial charge in [-0.15, -0.1) is 0 Å². The molecular weight excluding hydrogens is 670 g/mol. The van der Waals surface area contributed by atoms with Crippen LogP contribution in [0.5, 0.6) is 0 Å². The molecule has 0 unspecified atom stereocenters. The second-order valence-electron chi connectivity index (χ2n) is 12.9. The number of likely N-dealkylation sites (tertiary alicyclic amines) is 1. The minimum Gasteiger partial charge on any atom is -0.481 e. The zero-order valence-electron chi connectivity index (χ0n) is 27.8. The van der Waals surface area contributed by atoms with Crippen LogP contribution in [0.4, 0.5) is 26.3 Å². The van der Waals surface area contributed by atoms with Crippen molar-refractivity contribution < 1.29 is 45.8 Å². The van der Waals surface area contributed by atoms with Crippen molar-refractivity contribution in [3.63, 3.8) is 0 Å². The summed E-state index contributed by atoms with van der Waals surface area (Å²) >= 11 is 0. The summed E-state index contributed by atoms with van der Waals surface area (Å²) in [5.74, 6) is -6.25. The summed E-state index contributed by atoms with van der Waals surface area (Å²) in [6, 6.07) is 3.14. The van der Waals surface area contributed by atoms with Crippen LogP contribution in [0.25, 0.3) is 11.1 Å². The number of carboxylic acids is 1. The number of aromatic nitrogens is 1. The largest absolute Gasteiger partial charge is 0.481 e. The van der Waals surface area contributed by atoms with Gasteiger partial charge in [0.05, 0.1) is 18.0 Å². The molecule has 0 spiro atoms. The molecule has 4 rings (SSSR count). The molecular formula is C35H38F6N4O5. The topological polar surface area (TPSA) is 121 Å². The molecule has 2 heterocycles. The van der Waals surface area contributed by atoms with Gasteiger partial charge in [-0.3, -0.25) is 24.1 Å². The van der Waals surface area contributed by atoms with Gasteiger partial charge in [0.2, 0.25) is 5.91 Å². The number of alkyl halides is 4. The standard InChI is InChI=1S/C35H38F6N4O5/c1-18(2)10-28(43-32(48)24-6-5-7-45(34(24)50)9-8-44-16-23(37)17-44)33(49)42-27(15-29(46)47)25-13-21(14-26(31(25)38)35(39,40)41)30-19(3)11-22(36)12-20(30)4/h5-7,11-14,18,23,27-28H,8-10,15-17H2,1-4H3,(H,42,49)(H,43,48)(H,46,47)/t27-,28-/m0/s1. The van der Waals surface area contributed by atoms with Crippen molar-refractivity contribution in [2.24, 2.45) is 5.92 Å². The number of nitrogens with zero attached hydrogens (tertiary/aromatic N) is 2. The third kappa shape index (κ3) is 9.11. The number of pyridine rings is 1. The number of carbonyl (C=O) groups is 3. The normalized spacial score (nSPS) is 15.0. The van der Waals surface area contributed by atoms with Crippen LogP contribution in [-0.2, 0) is 22.3 Å². The Labute approximate surface area is 284 Å². The van der Waals surface area contributed by atoms with Crippen LogP contribution in [0.2, 0.25) is 0 Å². The maximum absolute atomic E-state index is 15.7. The minimum absolute atomic E-state index is 0.0396. The fourth-order valence-electron chi connectivity index (χ4n) is 6.07. The molecule has 0 bridgehead atoms. The number of aliphatic carboxylic acids is 1. The van der Waals surface area contributed by atoms with Gasteiger partial charge < -0.3 is 20.3 Å². The second kappa shape index (κ2) is 15.5. The lowest BCUT2D eigenvalue weighted by molar-refractivity contribution is -0.140. The molecule has 3 N–H and O–H groups in total. The molecule has 1 aromatic heterocycles. The monoisotopic (exact) mass is 708 g/mol. The first-order valence-electron chi connectivity index (χ1n) is 15.9. The van der Waals surface area contributed by atoms with Crippen LogP contribution in [0.3, 0.4) is 0 Å². The molecule has 1 fully saturated rings. The average Bonchev–Trinajstić information content (AvgIpc) is 2.97. The third-order valence-electron chi connectivity index (χ3n) is 8.43. The Hall–Kier alpha value is -4.66. The maximum Gasteiger partial charge on any atom is 0.419 e. The summed E-state index contributed by atoms with van der Waals surface area (Å²) in [4.78, 5) is 53.8. The van der Waals surface area contributed by atoms with E-state index in [1.807, 2.05) is 0 Å². The van der Waals surface area contributed by atoms with Crippen LogP contribution < -0.4 is 16.2 Å². The fraction of sp³-hybridized carbons (Fsp3) is 0.429. The molecule has 1 aliphatic rings. The molecule has 0 aliphatic carbocycles. The van der Waals surface area contributed by atoms with Crippen molar-refractivity contribution in [1.82, 2.24) is 20.1 Å². The molecule has 1 saturated heterocycles. The quantitative estimate of drug-likeness (QED) is 0.200. The van der Waals surface area contributed by atoms with Crippen molar-refractivity contribution in [3.8, 4) is 11.1 Å². The van der Waals surface area contributed by atoms with Crippen LogP contribution >= 0.6 is 0 Å². The molecule has 1 aliphatic heterocycles. The number of nitrogens with one attached hydrogen (secondary N) is 2.